The van der Waals surface area contributed by atoms with Crippen molar-refractivity contribution in [3.63, 3.8) is 0 Å². The maximum absolute atomic E-state index is 11.1. The predicted molar refractivity (Wildman–Crippen MR) is 74.7 cm³/mol. The number of allylic oxidation sites excluding steroid dienone is 2. The van der Waals surface area contributed by atoms with E-state index in [-0.39, 0.29) is 12.6 Å². The van der Waals surface area contributed by atoms with Gasteiger partial charge < -0.3 is 9.47 Å². The van der Waals surface area contributed by atoms with Gasteiger partial charge in [0.15, 0.2) is 6.61 Å². The van der Waals surface area contributed by atoms with Crippen LogP contribution in [-0.4, -0.2) is 26.0 Å². The normalized spacial score (nSPS) is 17.6. The lowest BCUT2D eigenvalue weighted by Crippen LogP contribution is -2.17. The predicted octanol–water partition coefficient (Wildman–Crippen LogP) is 2.10. The third-order valence-corrected chi connectivity index (χ3v) is 3.51. The van der Waals surface area contributed by atoms with Crippen molar-refractivity contribution in [2.24, 2.45) is 5.92 Å². The van der Waals surface area contributed by atoms with Gasteiger partial charge in [-0.05, 0) is 48.4 Å². The van der Waals surface area contributed by atoms with Gasteiger partial charge in [-0.15, -0.1) is 0 Å². The van der Waals surface area contributed by atoms with E-state index in [1.54, 1.807) is 6.08 Å². The molecule has 4 nitrogen and oxygen atoms in total. The van der Waals surface area contributed by atoms with Crippen LogP contribution in [0, 0.1) is 5.92 Å². The summed E-state index contributed by atoms with van der Waals surface area (Å²) < 4.78 is 10.1. The number of rotatable bonds is 5. The minimum atomic E-state index is -0.384. The Labute approximate surface area is 118 Å². The number of esters is 1. The lowest BCUT2D eigenvalue weighted by Gasteiger charge is -2.24. The highest BCUT2D eigenvalue weighted by molar-refractivity contribution is 5.71. The number of hydrogen-bond donors (Lipinski definition) is 0. The summed E-state index contributed by atoms with van der Waals surface area (Å²) in [6.45, 7) is -0.0680. The molecule has 0 saturated heterocycles. The largest absolute Gasteiger partial charge is 0.482 e. The molecule has 106 valence electrons. The topological polar surface area (TPSA) is 52.6 Å². The Hall–Kier alpha value is -2.10. The summed E-state index contributed by atoms with van der Waals surface area (Å²) in [5.41, 5.74) is 2.38. The van der Waals surface area contributed by atoms with Crippen molar-refractivity contribution in [1.82, 2.24) is 0 Å². The fourth-order valence-corrected chi connectivity index (χ4v) is 2.50. The van der Waals surface area contributed by atoms with Crippen LogP contribution in [0.25, 0.3) is 0 Å². The maximum atomic E-state index is 11.1. The van der Waals surface area contributed by atoms with E-state index in [2.05, 4.69) is 10.8 Å². The first-order chi connectivity index (χ1) is 9.74. The quantitative estimate of drug-likeness (QED) is 0.469. The summed E-state index contributed by atoms with van der Waals surface area (Å²) >= 11 is 0. The SMILES string of the molecule is COC(=O)COc1cccc2c1CCC(/C=C/C=O)C2. The lowest BCUT2D eigenvalue weighted by molar-refractivity contribution is -0.142. The molecule has 20 heavy (non-hydrogen) atoms. The van der Waals surface area contributed by atoms with Crippen LogP contribution in [-0.2, 0) is 27.2 Å². The Kier molecular flexibility index (Phi) is 4.93. The molecule has 0 heterocycles. The molecule has 0 N–H and O–H groups in total. The lowest BCUT2D eigenvalue weighted by atomic mass is 9.83. The van der Waals surface area contributed by atoms with Gasteiger partial charge in [-0.2, -0.15) is 0 Å². The van der Waals surface area contributed by atoms with Crippen LogP contribution in [0.1, 0.15) is 17.5 Å². The molecule has 1 aromatic rings. The minimum absolute atomic E-state index is 0.0680. The van der Waals surface area contributed by atoms with E-state index in [1.165, 1.54) is 12.7 Å². The van der Waals surface area contributed by atoms with Crippen LogP contribution in [0.15, 0.2) is 30.4 Å². The van der Waals surface area contributed by atoms with E-state index >= 15 is 0 Å². The van der Waals surface area contributed by atoms with Crippen LogP contribution in [0.3, 0.4) is 0 Å². The molecule has 0 bridgehead atoms. The average Bonchev–Trinajstić information content (AvgIpc) is 2.50. The third-order valence-electron chi connectivity index (χ3n) is 3.51. The second-order valence-corrected chi connectivity index (χ2v) is 4.78. The number of hydrogen-bond acceptors (Lipinski definition) is 4. The van der Waals surface area contributed by atoms with Crippen molar-refractivity contribution in [2.45, 2.75) is 19.3 Å². The average molecular weight is 274 g/mol. The van der Waals surface area contributed by atoms with Crippen LogP contribution < -0.4 is 4.74 Å². The summed E-state index contributed by atoms with van der Waals surface area (Å²) in [5.74, 6) is 0.763. The number of benzene rings is 1. The minimum Gasteiger partial charge on any atom is -0.482 e. The van der Waals surface area contributed by atoms with Gasteiger partial charge in [0, 0.05) is 0 Å². The highest BCUT2D eigenvalue weighted by Gasteiger charge is 2.20. The molecule has 1 atom stereocenters. The highest BCUT2D eigenvalue weighted by atomic mass is 16.6. The summed E-state index contributed by atoms with van der Waals surface area (Å²) in [5, 5.41) is 0. The molecular formula is C16H18O4. The maximum Gasteiger partial charge on any atom is 0.343 e. The molecule has 0 amide bonds. The van der Waals surface area contributed by atoms with Crippen LogP contribution in [0.2, 0.25) is 0 Å². The molecule has 2 rings (SSSR count). The first-order valence-electron chi connectivity index (χ1n) is 6.67. The molecule has 1 aliphatic carbocycles. The van der Waals surface area contributed by atoms with E-state index in [9.17, 15) is 9.59 Å². The van der Waals surface area contributed by atoms with Crippen molar-refractivity contribution in [2.75, 3.05) is 13.7 Å². The Morgan fingerprint density at radius 1 is 1.45 bits per heavy atom. The van der Waals surface area contributed by atoms with Gasteiger partial charge in [0.2, 0.25) is 0 Å². The van der Waals surface area contributed by atoms with Gasteiger partial charge in [0.25, 0.3) is 0 Å². The fraction of sp³-hybridized carbons (Fsp3) is 0.375. The van der Waals surface area contributed by atoms with Gasteiger partial charge >= 0.3 is 5.97 Å². The van der Waals surface area contributed by atoms with E-state index in [0.29, 0.717) is 5.92 Å². The van der Waals surface area contributed by atoms with Gasteiger partial charge in [0.05, 0.1) is 7.11 Å². The van der Waals surface area contributed by atoms with Crippen molar-refractivity contribution in [3.8, 4) is 5.75 Å². The van der Waals surface area contributed by atoms with Crippen LogP contribution >= 0.6 is 0 Å². The van der Waals surface area contributed by atoms with E-state index in [1.807, 2.05) is 18.2 Å². The van der Waals surface area contributed by atoms with Crippen LogP contribution in [0.4, 0.5) is 0 Å². The molecule has 1 unspecified atom stereocenters. The second kappa shape index (κ2) is 6.89. The molecule has 0 spiro atoms. The van der Waals surface area contributed by atoms with Gasteiger partial charge in [0.1, 0.15) is 12.0 Å². The number of methoxy groups -OCH3 is 1. The molecule has 0 saturated carbocycles. The Morgan fingerprint density at radius 3 is 3.05 bits per heavy atom. The zero-order chi connectivity index (χ0) is 14.4. The van der Waals surface area contributed by atoms with Crippen molar-refractivity contribution >= 4 is 12.3 Å². The van der Waals surface area contributed by atoms with E-state index in [4.69, 9.17) is 4.74 Å². The van der Waals surface area contributed by atoms with E-state index in [0.717, 1.165) is 36.9 Å². The molecule has 1 aliphatic rings. The zero-order valence-corrected chi connectivity index (χ0v) is 11.5. The Morgan fingerprint density at radius 2 is 2.30 bits per heavy atom. The number of aldehydes is 1. The van der Waals surface area contributed by atoms with E-state index < -0.39 is 0 Å². The van der Waals surface area contributed by atoms with Gasteiger partial charge in [-0.1, -0.05) is 18.2 Å². The first kappa shape index (κ1) is 14.3. The number of carbonyl (C=O) groups is 2. The van der Waals surface area contributed by atoms with Crippen molar-refractivity contribution < 1.29 is 19.1 Å². The smallest absolute Gasteiger partial charge is 0.343 e. The molecule has 0 aliphatic heterocycles. The van der Waals surface area contributed by atoms with Gasteiger partial charge in [-0.3, -0.25) is 4.79 Å². The number of ether oxygens (including phenoxy) is 2. The standard InChI is InChI=1S/C16H18O4/c1-19-16(18)11-20-15-6-2-5-13-10-12(4-3-9-17)7-8-14(13)15/h2-6,9,12H,7-8,10-11H2,1H3/b4-3+. The summed E-state index contributed by atoms with van der Waals surface area (Å²) in [6, 6.07) is 5.88. The third kappa shape index (κ3) is 3.47. The fourth-order valence-electron chi connectivity index (χ4n) is 2.50. The molecule has 0 radical (unpaired) electrons. The molecule has 0 fully saturated rings. The zero-order valence-electron chi connectivity index (χ0n) is 11.5. The Bertz CT molecular complexity index is 519. The van der Waals surface area contributed by atoms with Crippen molar-refractivity contribution in [1.29, 1.82) is 0 Å². The molecule has 0 aromatic heterocycles. The number of carbonyl (C=O) groups excluding carboxylic acids is 2. The highest BCUT2D eigenvalue weighted by Crippen LogP contribution is 2.32. The second-order valence-electron chi connectivity index (χ2n) is 4.78. The molecule has 1 aromatic carbocycles. The summed E-state index contributed by atoms with van der Waals surface area (Å²) in [7, 11) is 1.34. The molecule has 4 heteroatoms. The summed E-state index contributed by atoms with van der Waals surface area (Å²) in [6.07, 6.45) is 7.10. The van der Waals surface area contributed by atoms with Crippen molar-refractivity contribution in [3.05, 3.63) is 41.5 Å². The van der Waals surface area contributed by atoms with Crippen LogP contribution in [0.5, 0.6) is 5.75 Å². The summed E-state index contributed by atoms with van der Waals surface area (Å²) in [4.78, 5) is 21.5. The monoisotopic (exact) mass is 274 g/mol. The van der Waals surface area contributed by atoms with Gasteiger partial charge in [-0.25, -0.2) is 4.79 Å². The number of fused-ring (bicyclic) bond motifs is 1. The molecular weight excluding hydrogens is 256 g/mol. The first-order valence-corrected chi connectivity index (χ1v) is 6.67. The Balaban J connectivity index is 2.09.